The quantitative estimate of drug-likeness (QED) is 0.527. The van der Waals surface area contributed by atoms with E-state index in [1.165, 1.54) is 6.07 Å². The van der Waals surface area contributed by atoms with Crippen molar-refractivity contribution in [3.63, 3.8) is 0 Å². The molecular weight excluding hydrogens is 457 g/mol. The monoisotopic (exact) mass is 481 g/mol. The van der Waals surface area contributed by atoms with E-state index in [0.717, 1.165) is 5.56 Å². The molecule has 2 amide bonds. The number of rotatable bonds is 6. The minimum absolute atomic E-state index is 0.187. The van der Waals surface area contributed by atoms with E-state index in [1.807, 2.05) is 23.1 Å². The van der Waals surface area contributed by atoms with Gasteiger partial charge in [-0.1, -0.05) is 41.9 Å². The summed E-state index contributed by atoms with van der Waals surface area (Å²) in [6.07, 6.45) is 3.44. The minimum Gasteiger partial charge on any atom is -0.367 e. The maximum Gasteiger partial charge on any atom is 0.313 e. The molecule has 1 atom stereocenters. The van der Waals surface area contributed by atoms with Crippen molar-refractivity contribution in [2.24, 2.45) is 0 Å². The zero-order valence-electron chi connectivity index (χ0n) is 18.5. The Hall–Kier alpha value is -3.49. The van der Waals surface area contributed by atoms with Crippen LogP contribution in [0.3, 0.4) is 0 Å². The fourth-order valence-electron chi connectivity index (χ4n) is 4.02. The van der Waals surface area contributed by atoms with Gasteiger partial charge in [-0.25, -0.2) is 4.39 Å². The SMILES string of the molecule is O=C(NCC(c1cccnc1)N1CCN(c2ccccc2F)CC1)C(=O)Nc1ccccc1Cl. The van der Waals surface area contributed by atoms with Gasteiger partial charge in [0, 0.05) is 45.1 Å². The van der Waals surface area contributed by atoms with Crippen LogP contribution < -0.4 is 15.5 Å². The second kappa shape index (κ2) is 11.1. The summed E-state index contributed by atoms with van der Waals surface area (Å²) in [7, 11) is 0. The molecular formula is C25H25ClFN5O2. The maximum absolute atomic E-state index is 14.2. The van der Waals surface area contributed by atoms with Crippen molar-refractivity contribution in [3.8, 4) is 0 Å². The summed E-state index contributed by atoms with van der Waals surface area (Å²) in [5.41, 5.74) is 1.88. The Morgan fingerprint density at radius 1 is 0.971 bits per heavy atom. The van der Waals surface area contributed by atoms with Gasteiger partial charge in [0.25, 0.3) is 0 Å². The van der Waals surface area contributed by atoms with Crippen molar-refractivity contribution in [1.82, 2.24) is 15.2 Å². The summed E-state index contributed by atoms with van der Waals surface area (Å²) in [4.78, 5) is 33.3. The van der Waals surface area contributed by atoms with Crippen LogP contribution in [-0.4, -0.2) is 54.4 Å². The fraction of sp³-hybridized carbons (Fsp3) is 0.240. The summed E-state index contributed by atoms with van der Waals surface area (Å²) in [5, 5.41) is 5.62. The van der Waals surface area contributed by atoms with Crippen LogP contribution in [0.5, 0.6) is 0 Å². The Kier molecular flexibility index (Phi) is 7.72. The zero-order valence-corrected chi connectivity index (χ0v) is 19.2. The molecule has 0 bridgehead atoms. The molecule has 1 unspecified atom stereocenters. The molecule has 1 saturated heterocycles. The lowest BCUT2D eigenvalue weighted by atomic mass is 10.1. The van der Waals surface area contributed by atoms with Crippen LogP contribution >= 0.6 is 11.6 Å². The van der Waals surface area contributed by atoms with Gasteiger partial charge in [0.15, 0.2) is 0 Å². The smallest absolute Gasteiger partial charge is 0.313 e. The molecule has 4 rings (SSSR count). The van der Waals surface area contributed by atoms with Crippen molar-refractivity contribution in [3.05, 3.63) is 89.5 Å². The van der Waals surface area contributed by atoms with Crippen molar-refractivity contribution in [2.75, 3.05) is 42.9 Å². The number of benzene rings is 2. The molecule has 9 heteroatoms. The van der Waals surface area contributed by atoms with Crippen molar-refractivity contribution >= 4 is 34.8 Å². The maximum atomic E-state index is 14.2. The Morgan fingerprint density at radius 3 is 2.41 bits per heavy atom. The topological polar surface area (TPSA) is 77.6 Å². The molecule has 34 heavy (non-hydrogen) atoms. The van der Waals surface area contributed by atoms with E-state index in [4.69, 9.17) is 11.6 Å². The Labute approximate surface area is 202 Å². The zero-order chi connectivity index (χ0) is 23.9. The van der Waals surface area contributed by atoms with Crippen LogP contribution in [0, 0.1) is 5.82 Å². The molecule has 1 aliphatic rings. The average molecular weight is 482 g/mol. The number of hydrogen-bond donors (Lipinski definition) is 2. The van der Waals surface area contributed by atoms with E-state index < -0.39 is 11.8 Å². The third-order valence-corrected chi connectivity index (χ3v) is 6.13. The number of piperazine rings is 1. The van der Waals surface area contributed by atoms with Gasteiger partial charge in [0.2, 0.25) is 0 Å². The molecule has 2 N–H and O–H groups in total. The molecule has 1 fully saturated rings. The number of carbonyl (C=O) groups is 2. The van der Waals surface area contributed by atoms with Crippen LogP contribution in [-0.2, 0) is 9.59 Å². The number of pyridine rings is 1. The van der Waals surface area contributed by atoms with Gasteiger partial charge < -0.3 is 15.5 Å². The number of aromatic nitrogens is 1. The second-order valence-electron chi connectivity index (χ2n) is 7.92. The number of anilines is 2. The number of nitrogens with zero attached hydrogens (tertiary/aromatic N) is 3. The van der Waals surface area contributed by atoms with E-state index in [9.17, 15) is 14.0 Å². The first-order valence-electron chi connectivity index (χ1n) is 11.0. The molecule has 3 aromatic rings. The van der Waals surface area contributed by atoms with Crippen LogP contribution in [0.1, 0.15) is 11.6 Å². The molecule has 0 saturated carbocycles. The van der Waals surface area contributed by atoms with Gasteiger partial charge in [0.05, 0.1) is 22.4 Å². The minimum atomic E-state index is -0.789. The molecule has 176 valence electrons. The number of nitrogens with one attached hydrogen (secondary N) is 2. The molecule has 7 nitrogen and oxygen atoms in total. The highest BCUT2D eigenvalue weighted by Gasteiger charge is 2.27. The molecule has 1 aliphatic heterocycles. The molecule has 0 spiro atoms. The lowest BCUT2D eigenvalue weighted by molar-refractivity contribution is -0.136. The third kappa shape index (κ3) is 5.70. The van der Waals surface area contributed by atoms with Gasteiger partial charge in [-0.05, 0) is 35.9 Å². The lowest BCUT2D eigenvalue weighted by Crippen LogP contribution is -2.50. The Morgan fingerprint density at radius 2 is 1.71 bits per heavy atom. The van der Waals surface area contributed by atoms with E-state index in [0.29, 0.717) is 42.6 Å². The van der Waals surface area contributed by atoms with E-state index in [1.54, 1.807) is 48.8 Å². The highest BCUT2D eigenvalue weighted by molar-refractivity contribution is 6.41. The largest absolute Gasteiger partial charge is 0.367 e. The molecule has 0 radical (unpaired) electrons. The van der Waals surface area contributed by atoms with Crippen LogP contribution in [0.2, 0.25) is 5.02 Å². The first-order chi connectivity index (χ1) is 16.5. The van der Waals surface area contributed by atoms with Gasteiger partial charge >= 0.3 is 11.8 Å². The number of halogens is 2. The fourth-order valence-corrected chi connectivity index (χ4v) is 4.21. The second-order valence-corrected chi connectivity index (χ2v) is 8.33. The van der Waals surface area contributed by atoms with E-state index >= 15 is 0 Å². The first kappa shape index (κ1) is 23.7. The first-order valence-corrected chi connectivity index (χ1v) is 11.4. The number of para-hydroxylation sites is 2. The predicted octanol–water partition coefficient (Wildman–Crippen LogP) is 3.49. The van der Waals surface area contributed by atoms with Crippen molar-refractivity contribution < 1.29 is 14.0 Å². The molecule has 1 aromatic heterocycles. The number of amides is 2. The van der Waals surface area contributed by atoms with Crippen molar-refractivity contribution in [1.29, 1.82) is 0 Å². The molecule has 0 aliphatic carbocycles. The van der Waals surface area contributed by atoms with E-state index in [-0.39, 0.29) is 18.4 Å². The average Bonchev–Trinajstić information content (AvgIpc) is 2.87. The Balaban J connectivity index is 1.40. The van der Waals surface area contributed by atoms with Gasteiger partial charge in [-0.3, -0.25) is 19.5 Å². The summed E-state index contributed by atoms with van der Waals surface area (Å²) < 4.78 is 14.2. The predicted molar refractivity (Wildman–Crippen MR) is 130 cm³/mol. The van der Waals surface area contributed by atoms with Gasteiger partial charge in [-0.2, -0.15) is 0 Å². The van der Waals surface area contributed by atoms with Gasteiger partial charge in [-0.15, -0.1) is 0 Å². The van der Waals surface area contributed by atoms with E-state index in [2.05, 4.69) is 20.5 Å². The number of hydrogen-bond acceptors (Lipinski definition) is 5. The summed E-state index contributed by atoms with van der Waals surface area (Å²) >= 11 is 6.06. The summed E-state index contributed by atoms with van der Waals surface area (Å²) in [6.45, 7) is 2.82. The normalized spacial score (nSPS) is 14.9. The highest BCUT2D eigenvalue weighted by atomic mass is 35.5. The Bertz CT molecular complexity index is 1140. The standard InChI is InChI=1S/C25H25ClFN5O2/c26-19-7-1-3-9-21(19)30-25(34)24(33)29-17-23(18-6-5-11-28-16-18)32-14-12-31(13-15-32)22-10-4-2-8-20(22)27/h1-11,16,23H,12-15,17H2,(H,29,33)(H,30,34). The number of carbonyl (C=O) groups excluding carboxylic acids is 2. The summed E-state index contributed by atoms with van der Waals surface area (Å²) in [6, 6.07) is 17.1. The van der Waals surface area contributed by atoms with Gasteiger partial charge in [0.1, 0.15) is 5.82 Å². The van der Waals surface area contributed by atoms with Crippen LogP contribution in [0.4, 0.5) is 15.8 Å². The highest BCUT2D eigenvalue weighted by Crippen LogP contribution is 2.25. The van der Waals surface area contributed by atoms with Crippen molar-refractivity contribution in [2.45, 2.75) is 6.04 Å². The third-order valence-electron chi connectivity index (χ3n) is 5.80. The summed E-state index contributed by atoms with van der Waals surface area (Å²) in [5.74, 6) is -1.78. The molecule has 2 heterocycles. The van der Waals surface area contributed by atoms with Crippen LogP contribution in [0.15, 0.2) is 73.1 Å². The lowest BCUT2D eigenvalue weighted by Gasteiger charge is -2.40. The van der Waals surface area contributed by atoms with Crippen LogP contribution in [0.25, 0.3) is 0 Å². The molecule has 2 aromatic carbocycles.